The number of hydrogen-bond donors (Lipinski definition) is 0. The van der Waals surface area contributed by atoms with Gasteiger partial charge in [0.2, 0.25) is 0 Å². The van der Waals surface area contributed by atoms with E-state index in [1.165, 1.54) is 6.42 Å². The van der Waals surface area contributed by atoms with Gasteiger partial charge in [-0.2, -0.15) is 0 Å². The quantitative estimate of drug-likeness (QED) is 0.506. The third-order valence-electron chi connectivity index (χ3n) is 2.47. The van der Waals surface area contributed by atoms with Crippen LogP contribution in [0.15, 0.2) is 43.0 Å². The van der Waals surface area contributed by atoms with Crippen molar-refractivity contribution in [2.45, 2.75) is 26.2 Å². The molecule has 0 saturated heterocycles. The minimum absolute atomic E-state index is 0.665. The van der Waals surface area contributed by atoms with E-state index in [1.54, 1.807) is 0 Å². The van der Waals surface area contributed by atoms with Crippen LogP contribution in [-0.2, 0) is 0 Å². The van der Waals surface area contributed by atoms with E-state index in [9.17, 15) is 0 Å². The summed E-state index contributed by atoms with van der Waals surface area (Å²) in [4.78, 5) is 0. The van der Waals surface area contributed by atoms with Crippen LogP contribution < -0.4 is 0 Å². The lowest BCUT2D eigenvalue weighted by atomic mass is 9.99. The van der Waals surface area contributed by atoms with Crippen molar-refractivity contribution in [1.82, 2.24) is 0 Å². The fourth-order valence-corrected chi connectivity index (χ4v) is 1.45. The second-order valence-electron chi connectivity index (χ2n) is 3.67. The van der Waals surface area contributed by atoms with Crippen LogP contribution in [0.3, 0.4) is 0 Å². The first-order chi connectivity index (χ1) is 7.36. The van der Waals surface area contributed by atoms with Crippen molar-refractivity contribution < 1.29 is 0 Å². The molecule has 1 atom stereocenters. The van der Waals surface area contributed by atoms with Crippen LogP contribution in [0.1, 0.15) is 31.7 Å². The fraction of sp³-hybridized carbons (Fsp3) is 0.333. The summed E-state index contributed by atoms with van der Waals surface area (Å²) in [5, 5.41) is 0. The van der Waals surface area contributed by atoms with Gasteiger partial charge < -0.3 is 0 Å². The highest BCUT2D eigenvalue weighted by atomic mass is 14.0. The largest absolute Gasteiger partial charge is 0.103 e. The number of hydrogen-bond acceptors (Lipinski definition) is 0. The highest BCUT2D eigenvalue weighted by Crippen LogP contribution is 2.12. The average Bonchev–Trinajstić information content (AvgIpc) is 2.29. The Bertz CT molecular complexity index is 337. The summed E-state index contributed by atoms with van der Waals surface area (Å²) in [6, 6.07) is 10.1. The first-order valence-electron chi connectivity index (χ1n) is 5.51. The average molecular weight is 198 g/mol. The van der Waals surface area contributed by atoms with Crippen LogP contribution in [0.25, 0.3) is 0 Å². The summed E-state index contributed by atoms with van der Waals surface area (Å²) in [7, 11) is 0. The van der Waals surface area contributed by atoms with Crippen molar-refractivity contribution in [2.75, 3.05) is 0 Å². The van der Waals surface area contributed by atoms with Crippen molar-refractivity contribution in [2.24, 2.45) is 5.92 Å². The molecule has 0 aliphatic carbocycles. The Balaban J connectivity index is 2.48. The molecular weight excluding hydrogens is 180 g/mol. The third kappa shape index (κ3) is 4.51. The molecule has 1 aromatic carbocycles. The maximum atomic E-state index is 3.77. The van der Waals surface area contributed by atoms with E-state index in [0.29, 0.717) is 5.92 Å². The predicted octanol–water partition coefficient (Wildman–Crippen LogP) is 4.03. The standard InChI is InChI=1S/C15H18/c1-3-9-14(4-2)12-8-13-15-10-6-5-7-11-15/h3,5-7,10-11,14H,1,4,9,12H2,2H3. The van der Waals surface area contributed by atoms with Gasteiger partial charge in [-0.25, -0.2) is 0 Å². The monoisotopic (exact) mass is 198 g/mol. The summed E-state index contributed by atoms with van der Waals surface area (Å²) in [6.07, 6.45) is 5.20. The summed E-state index contributed by atoms with van der Waals surface area (Å²) in [5.74, 6) is 7.09. The normalized spacial score (nSPS) is 11.3. The Hall–Kier alpha value is -1.48. The molecule has 1 rings (SSSR count). The van der Waals surface area contributed by atoms with Gasteiger partial charge in [0.15, 0.2) is 0 Å². The fourth-order valence-electron chi connectivity index (χ4n) is 1.45. The molecule has 0 amide bonds. The maximum absolute atomic E-state index is 3.77. The highest BCUT2D eigenvalue weighted by Gasteiger charge is 2.00. The van der Waals surface area contributed by atoms with E-state index < -0.39 is 0 Å². The number of benzene rings is 1. The SMILES string of the molecule is C=CCC(CC)CC#Cc1ccccc1. The van der Waals surface area contributed by atoms with Crippen molar-refractivity contribution in [3.05, 3.63) is 48.6 Å². The Kier molecular flexibility index (Phi) is 5.33. The van der Waals surface area contributed by atoms with E-state index in [-0.39, 0.29) is 0 Å². The molecule has 0 aliphatic rings. The van der Waals surface area contributed by atoms with E-state index in [1.807, 2.05) is 36.4 Å². The zero-order chi connectivity index (χ0) is 10.9. The van der Waals surface area contributed by atoms with E-state index >= 15 is 0 Å². The molecule has 0 N–H and O–H groups in total. The number of rotatable bonds is 4. The van der Waals surface area contributed by atoms with Crippen LogP contribution in [-0.4, -0.2) is 0 Å². The van der Waals surface area contributed by atoms with E-state index in [4.69, 9.17) is 0 Å². The van der Waals surface area contributed by atoms with E-state index in [2.05, 4.69) is 25.3 Å². The molecule has 15 heavy (non-hydrogen) atoms. The third-order valence-corrected chi connectivity index (χ3v) is 2.47. The summed E-state index contributed by atoms with van der Waals surface area (Å²) < 4.78 is 0. The molecule has 0 aromatic heterocycles. The lowest BCUT2D eigenvalue weighted by Crippen LogP contribution is -1.94. The Morgan fingerprint density at radius 3 is 2.67 bits per heavy atom. The van der Waals surface area contributed by atoms with Gasteiger partial charge in [0, 0.05) is 12.0 Å². The lowest BCUT2D eigenvalue weighted by Gasteiger charge is -2.06. The minimum atomic E-state index is 0.665. The van der Waals surface area contributed by atoms with Gasteiger partial charge in [-0.05, 0) is 24.5 Å². The Morgan fingerprint density at radius 2 is 2.07 bits per heavy atom. The van der Waals surface area contributed by atoms with Gasteiger partial charge in [0.05, 0.1) is 0 Å². The van der Waals surface area contributed by atoms with Crippen LogP contribution in [0, 0.1) is 17.8 Å². The maximum Gasteiger partial charge on any atom is 0.0245 e. The molecule has 0 aliphatic heterocycles. The lowest BCUT2D eigenvalue weighted by molar-refractivity contribution is 0.532. The van der Waals surface area contributed by atoms with Crippen molar-refractivity contribution in [3.8, 4) is 11.8 Å². The molecule has 78 valence electrons. The molecule has 0 nitrogen and oxygen atoms in total. The van der Waals surface area contributed by atoms with Crippen molar-refractivity contribution in [3.63, 3.8) is 0 Å². The molecule has 0 radical (unpaired) electrons. The van der Waals surface area contributed by atoms with Gasteiger partial charge in [-0.15, -0.1) is 6.58 Å². The Morgan fingerprint density at radius 1 is 1.33 bits per heavy atom. The van der Waals surface area contributed by atoms with E-state index in [0.717, 1.165) is 18.4 Å². The molecule has 1 unspecified atom stereocenters. The van der Waals surface area contributed by atoms with Crippen LogP contribution in [0.5, 0.6) is 0 Å². The molecule has 0 fully saturated rings. The minimum Gasteiger partial charge on any atom is -0.103 e. The molecular formula is C15H18. The molecule has 0 heteroatoms. The first-order valence-corrected chi connectivity index (χ1v) is 5.51. The second-order valence-corrected chi connectivity index (χ2v) is 3.67. The molecule has 0 bridgehead atoms. The summed E-state index contributed by atoms with van der Waals surface area (Å²) in [6.45, 7) is 5.97. The highest BCUT2D eigenvalue weighted by molar-refractivity contribution is 5.33. The van der Waals surface area contributed by atoms with Gasteiger partial charge in [-0.3, -0.25) is 0 Å². The van der Waals surface area contributed by atoms with Gasteiger partial charge >= 0.3 is 0 Å². The molecule has 0 heterocycles. The smallest absolute Gasteiger partial charge is 0.0245 e. The summed E-state index contributed by atoms with van der Waals surface area (Å²) in [5.41, 5.74) is 1.10. The molecule has 0 spiro atoms. The van der Waals surface area contributed by atoms with Crippen LogP contribution in [0.4, 0.5) is 0 Å². The second kappa shape index (κ2) is 6.90. The van der Waals surface area contributed by atoms with Crippen LogP contribution in [0.2, 0.25) is 0 Å². The summed E-state index contributed by atoms with van der Waals surface area (Å²) >= 11 is 0. The molecule has 1 aromatic rings. The van der Waals surface area contributed by atoms with Gasteiger partial charge in [0.25, 0.3) is 0 Å². The first kappa shape index (κ1) is 11.6. The van der Waals surface area contributed by atoms with Crippen LogP contribution >= 0.6 is 0 Å². The Labute approximate surface area is 93.0 Å². The van der Waals surface area contributed by atoms with Crippen molar-refractivity contribution in [1.29, 1.82) is 0 Å². The molecule has 0 saturated carbocycles. The van der Waals surface area contributed by atoms with Gasteiger partial charge in [0.1, 0.15) is 0 Å². The predicted molar refractivity (Wildman–Crippen MR) is 66.5 cm³/mol. The van der Waals surface area contributed by atoms with Crippen molar-refractivity contribution >= 4 is 0 Å². The topological polar surface area (TPSA) is 0 Å². The number of allylic oxidation sites excluding steroid dienone is 1. The van der Waals surface area contributed by atoms with Gasteiger partial charge in [-0.1, -0.05) is 49.5 Å². The zero-order valence-electron chi connectivity index (χ0n) is 9.37. The zero-order valence-corrected chi connectivity index (χ0v) is 9.37.